The van der Waals surface area contributed by atoms with Gasteiger partial charge in [-0.05, 0) is 19.8 Å². The Morgan fingerprint density at radius 1 is 0.750 bits per heavy atom. The zero-order chi connectivity index (χ0) is 41.9. The van der Waals surface area contributed by atoms with Crippen molar-refractivity contribution >= 4 is 28.2 Å². The summed E-state index contributed by atoms with van der Waals surface area (Å²) in [6.07, 6.45) is -12.1. The van der Waals surface area contributed by atoms with Gasteiger partial charge in [-0.15, -0.1) is 0 Å². The largest absolute Gasteiger partial charge is 0.481 e. The summed E-state index contributed by atoms with van der Waals surface area (Å²) in [7, 11) is -4.94. The first-order valence-electron chi connectivity index (χ1n) is 18.6. The Kier molecular flexibility index (Phi) is 27.7. The van der Waals surface area contributed by atoms with Gasteiger partial charge in [0.2, 0.25) is 11.8 Å². The molecule has 1 saturated heterocycles. The van der Waals surface area contributed by atoms with Crippen molar-refractivity contribution in [3.05, 3.63) is 0 Å². The van der Waals surface area contributed by atoms with Gasteiger partial charge in [-0.1, -0.05) is 19.8 Å². The fraction of sp³-hybridized carbons (Fsp3) is 0.909. The van der Waals surface area contributed by atoms with Crippen LogP contribution in [0.3, 0.4) is 0 Å². The van der Waals surface area contributed by atoms with E-state index in [1.807, 2.05) is 6.92 Å². The first-order valence-corrected chi connectivity index (χ1v) is 19.9. The van der Waals surface area contributed by atoms with Gasteiger partial charge < -0.3 is 74.4 Å². The number of nitrogens with one attached hydrogen (secondary N) is 2. The van der Waals surface area contributed by atoms with E-state index in [0.717, 1.165) is 0 Å². The van der Waals surface area contributed by atoms with Gasteiger partial charge in [0.1, 0.15) is 24.4 Å². The Labute approximate surface area is 327 Å². The second-order valence-electron chi connectivity index (χ2n) is 12.8. The fourth-order valence-electron chi connectivity index (χ4n) is 5.06. The van der Waals surface area contributed by atoms with Crippen molar-refractivity contribution in [2.24, 2.45) is 5.92 Å². The molecule has 0 spiro atoms. The number of carboxylic acids is 1. The Balaban J connectivity index is 2.19. The molecular formula is C33H62N2O20S. The average Bonchev–Trinajstić information content (AvgIpc) is 3.14. The van der Waals surface area contributed by atoms with E-state index in [4.69, 9.17) is 37.7 Å². The van der Waals surface area contributed by atoms with Crippen molar-refractivity contribution in [1.29, 1.82) is 0 Å². The molecule has 0 bridgehead atoms. The number of unbranched alkanes of at least 4 members (excludes halogenated alkanes) is 3. The molecule has 0 aromatic carbocycles. The number of hydrogen-bond donors (Lipinski definition) is 9. The first kappa shape index (κ1) is 51.8. The SMILES string of the molecule is CCOCCC(=O)NCCOCCOCCOCCC(=O)NCCCCCCOC(O)C(O)C(O)C(CC(=O)O)OC1OC(COS(=O)(=O)O)C(O)C(O)C1C. The van der Waals surface area contributed by atoms with Crippen LogP contribution in [0.5, 0.6) is 0 Å². The minimum atomic E-state index is -4.94. The topological polar surface area (TPSA) is 325 Å². The summed E-state index contributed by atoms with van der Waals surface area (Å²) in [4.78, 5) is 35.0. The van der Waals surface area contributed by atoms with Crippen LogP contribution in [0.2, 0.25) is 0 Å². The van der Waals surface area contributed by atoms with E-state index in [1.165, 1.54) is 6.92 Å². The smallest absolute Gasteiger partial charge is 0.397 e. The summed E-state index contributed by atoms with van der Waals surface area (Å²) in [5.74, 6) is -2.78. The Morgan fingerprint density at radius 3 is 1.93 bits per heavy atom. The lowest BCUT2D eigenvalue weighted by atomic mass is 9.92. The molecule has 0 aliphatic carbocycles. The van der Waals surface area contributed by atoms with Gasteiger partial charge >= 0.3 is 16.4 Å². The molecule has 0 aromatic heterocycles. The molecule has 9 N–H and O–H groups in total. The van der Waals surface area contributed by atoms with E-state index in [9.17, 15) is 53.4 Å². The predicted molar refractivity (Wildman–Crippen MR) is 191 cm³/mol. The Hall–Kier alpha value is -2.20. The van der Waals surface area contributed by atoms with Gasteiger partial charge in [-0.2, -0.15) is 8.42 Å². The van der Waals surface area contributed by atoms with E-state index in [-0.39, 0.29) is 31.4 Å². The lowest BCUT2D eigenvalue weighted by Crippen LogP contribution is -2.57. The highest BCUT2D eigenvalue weighted by Crippen LogP contribution is 2.29. The summed E-state index contributed by atoms with van der Waals surface area (Å²) < 4.78 is 72.3. The number of carboxylic acid groups (broad SMARTS) is 1. The van der Waals surface area contributed by atoms with Crippen molar-refractivity contribution in [3.8, 4) is 0 Å². The molecule has 1 aliphatic rings. The quantitative estimate of drug-likeness (QED) is 0.0183. The minimum Gasteiger partial charge on any atom is -0.481 e. The van der Waals surface area contributed by atoms with E-state index in [0.29, 0.717) is 91.4 Å². The third-order valence-electron chi connectivity index (χ3n) is 8.24. The van der Waals surface area contributed by atoms with Gasteiger partial charge in [0.25, 0.3) is 0 Å². The van der Waals surface area contributed by atoms with E-state index < -0.39 is 84.5 Å². The second-order valence-corrected chi connectivity index (χ2v) is 13.8. The highest BCUT2D eigenvalue weighted by molar-refractivity contribution is 7.80. The standard InChI is InChI=1S/C33H62N2O20S/c1-3-48-13-8-26(37)35-11-15-50-17-19-51-18-16-49-14-9-25(36)34-10-6-4-5-7-12-52-32(44)31(43)29(41)23(20-27(38)39)54-33-22(2)28(40)30(42)24(55-33)21-53-56(45,46)47/h22-24,28-33,40-44H,3-21H2,1-2H3,(H,34,36)(H,35,37)(H,38,39)(H,45,46,47). The second kappa shape index (κ2) is 29.9. The number of carbonyl (C=O) groups excluding carboxylic acids is 2. The highest BCUT2D eigenvalue weighted by Gasteiger charge is 2.46. The molecule has 0 aromatic rings. The zero-order valence-corrected chi connectivity index (χ0v) is 32.8. The highest BCUT2D eigenvalue weighted by atomic mass is 32.3. The van der Waals surface area contributed by atoms with E-state index >= 15 is 0 Å². The Bertz CT molecular complexity index is 1180. The van der Waals surface area contributed by atoms with Crippen LogP contribution < -0.4 is 10.6 Å². The molecule has 1 heterocycles. The van der Waals surface area contributed by atoms with Crippen LogP contribution in [0.1, 0.15) is 58.8 Å². The number of rotatable bonds is 34. The number of hydrogen-bond acceptors (Lipinski definition) is 18. The summed E-state index contributed by atoms with van der Waals surface area (Å²) in [6, 6.07) is 0. The van der Waals surface area contributed by atoms with Crippen LogP contribution in [0.25, 0.3) is 0 Å². The summed E-state index contributed by atoms with van der Waals surface area (Å²) in [6.45, 7) is 6.05. The number of aliphatic hydroxyl groups is 5. The number of ether oxygens (including phenoxy) is 7. The molecule has 9 unspecified atom stereocenters. The van der Waals surface area contributed by atoms with Crippen LogP contribution in [-0.4, -0.2) is 190 Å². The number of carbonyl (C=O) groups is 3. The summed E-state index contributed by atoms with van der Waals surface area (Å²) in [5, 5.41) is 66.9. The monoisotopic (exact) mass is 838 g/mol. The molecular weight excluding hydrogens is 776 g/mol. The molecule has 1 rings (SSSR count). The first-order chi connectivity index (χ1) is 26.6. The molecule has 2 amide bonds. The van der Waals surface area contributed by atoms with Crippen LogP contribution in [0.4, 0.5) is 0 Å². The Morgan fingerprint density at radius 2 is 1.32 bits per heavy atom. The molecule has 0 saturated carbocycles. The maximum atomic E-state index is 12.0. The van der Waals surface area contributed by atoms with Crippen molar-refractivity contribution < 1.29 is 95.3 Å². The van der Waals surface area contributed by atoms with Crippen molar-refractivity contribution in [3.63, 3.8) is 0 Å². The fourth-order valence-corrected chi connectivity index (χ4v) is 5.37. The van der Waals surface area contributed by atoms with Crippen LogP contribution in [-0.2, 0) is 62.1 Å². The number of amides is 2. The molecule has 22 nitrogen and oxygen atoms in total. The molecule has 9 atom stereocenters. The van der Waals surface area contributed by atoms with Crippen molar-refractivity contribution in [1.82, 2.24) is 10.6 Å². The maximum Gasteiger partial charge on any atom is 0.397 e. The minimum absolute atomic E-state index is 0.0342. The van der Waals surface area contributed by atoms with Crippen molar-refractivity contribution in [2.45, 2.75) is 108 Å². The molecule has 330 valence electrons. The summed E-state index contributed by atoms with van der Waals surface area (Å²) in [5.41, 5.74) is 0. The van der Waals surface area contributed by atoms with Crippen LogP contribution in [0.15, 0.2) is 0 Å². The number of aliphatic hydroxyl groups excluding tert-OH is 5. The third-order valence-corrected chi connectivity index (χ3v) is 8.68. The maximum absolute atomic E-state index is 12.0. The average molecular weight is 839 g/mol. The molecule has 23 heteroatoms. The van der Waals surface area contributed by atoms with Gasteiger partial charge in [0.15, 0.2) is 12.6 Å². The van der Waals surface area contributed by atoms with Crippen LogP contribution in [0, 0.1) is 5.92 Å². The summed E-state index contributed by atoms with van der Waals surface area (Å²) >= 11 is 0. The van der Waals surface area contributed by atoms with Gasteiger partial charge in [-0.25, -0.2) is 4.18 Å². The lowest BCUT2D eigenvalue weighted by Gasteiger charge is -2.42. The van der Waals surface area contributed by atoms with E-state index in [1.54, 1.807) is 0 Å². The predicted octanol–water partition coefficient (Wildman–Crippen LogP) is -2.54. The molecule has 1 fully saturated rings. The molecule has 56 heavy (non-hydrogen) atoms. The lowest BCUT2D eigenvalue weighted by molar-refractivity contribution is -0.306. The van der Waals surface area contributed by atoms with E-state index in [2.05, 4.69) is 14.8 Å². The zero-order valence-electron chi connectivity index (χ0n) is 32.0. The third kappa shape index (κ3) is 23.9. The van der Waals surface area contributed by atoms with Gasteiger partial charge in [0.05, 0.1) is 71.5 Å². The normalized spacial score (nSPS) is 22.2. The molecule has 1 aliphatic heterocycles. The number of aliphatic carboxylic acids is 1. The van der Waals surface area contributed by atoms with Crippen LogP contribution >= 0.6 is 0 Å². The molecule has 0 radical (unpaired) electrons. The van der Waals surface area contributed by atoms with Crippen molar-refractivity contribution in [2.75, 3.05) is 79.2 Å². The van der Waals surface area contributed by atoms with Gasteiger partial charge in [-0.3, -0.25) is 18.9 Å². The van der Waals surface area contributed by atoms with Gasteiger partial charge in [0, 0.05) is 45.1 Å².